The van der Waals surface area contributed by atoms with Crippen molar-refractivity contribution in [2.24, 2.45) is 0 Å². The summed E-state index contributed by atoms with van der Waals surface area (Å²) in [6.45, 7) is 2.30. The summed E-state index contributed by atoms with van der Waals surface area (Å²) in [5.41, 5.74) is 6.87. The van der Waals surface area contributed by atoms with E-state index in [1.807, 2.05) is 0 Å². The first-order valence-electron chi connectivity index (χ1n) is 7.90. The van der Waals surface area contributed by atoms with Crippen LogP contribution in [-0.4, -0.2) is 85.8 Å². The second-order valence-corrected chi connectivity index (χ2v) is 5.96. The number of aliphatic hydroxyl groups excluding tert-OH is 2. The summed E-state index contributed by atoms with van der Waals surface area (Å²) in [5.74, 6) is 0.291. The van der Waals surface area contributed by atoms with Crippen molar-refractivity contribution >= 4 is 17.0 Å². The van der Waals surface area contributed by atoms with Crippen molar-refractivity contribution in [1.29, 1.82) is 0 Å². The van der Waals surface area contributed by atoms with Gasteiger partial charge in [0.2, 0.25) is 0 Å². The molecule has 4 atom stereocenters. The summed E-state index contributed by atoms with van der Waals surface area (Å²) in [4.78, 5) is 14.6. The van der Waals surface area contributed by atoms with E-state index in [1.165, 1.54) is 6.33 Å². The summed E-state index contributed by atoms with van der Waals surface area (Å²) in [6.07, 6.45) is 0.929. The Morgan fingerprint density at radius 2 is 2.04 bits per heavy atom. The second kappa shape index (κ2) is 6.22. The lowest BCUT2D eigenvalue weighted by Crippen LogP contribution is -2.51. The molecule has 2 aliphatic rings. The maximum atomic E-state index is 10.6. The number of nitrogen functional groups attached to an aromatic ring is 1. The van der Waals surface area contributed by atoms with E-state index in [-0.39, 0.29) is 12.6 Å². The summed E-state index contributed by atoms with van der Waals surface area (Å²) in [5, 5.41) is 20.2. The molecule has 2 fully saturated rings. The molecule has 130 valence electrons. The van der Waals surface area contributed by atoms with Gasteiger partial charge in [0, 0.05) is 13.1 Å². The van der Waals surface area contributed by atoms with Crippen LogP contribution in [0.1, 0.15) is 6.23 Å². The molecule has 0 saturated carbocycles. The van der Waals surface area contributed by atoms with Gasteiger partial charge in [-0.25, -0.2) is 15.0 Å². The summed E-state index contributed by atoms with van der Waals surface area (Å²) in [6, 6.07) is -0.334. The van der Waals surface area contributed by atoms with Gasteiger partial charge in [0.15, 0.2) is 17.7 Å². The quantitative estimate of drug-likeness (QED) is 0.603. The molecule has 10 nitrogen and oxygen atoms in total. The molecule has 0 spiro atoms. The van der Waals surface area contributed by atoms with Gasteiger partial charge in [0.1, 0.15) is 24.1 Å². The minimum atomic E-state index is -0.824. The average Bonchev–Trinajstić information content (AvgIpc) is 3.17. The van der Waals surface area contributed by atoms with Crippen molar-refractivity contribution in [3.05, 3.63) is 12.7 Å². The lowest BCUT2D eigenvalue weighted by atomic mass is 10.1. The van der Waals surface area contributed by atoms with Gasteiger partial charge >= 0.3 is 0 Å². The van der Waals surface area contributed by atoms with E-state index >= 15 is 0 Å². The summed E-state index contributed by atoms with van der Waals surface area (Å²) in [7, 11) is 0. The predicted molar refractivity (Wildman–Crippen MR) is 82.9 cm³/mol. The molecule has 4 N–H and O–H groups in total. The van der Waals surface area contributed by atoms with Gasteiger partial charge in [-0.05, 0) is 0 Å². The first kappa shape index (κ1) is 15.7. The van der Waals surface area contributed by atoms with E-state index in [0.29, 0.717) is 43.3 Å². The molecule has 0 aromatic carbocycles. The number of fused-ring (bicyclic) bond motifs is 1. The van der Waals surface area contributed by atoms with Crippen LogP contribution in [0.4, 0.5) is 5.82 Å². The zero-order chi connectivity index (χ0) is 16.7. The Kier molecular flexibility index (Phi) is 4.06. The van der Waals surface area contributed by atoms with E-state index in [1.54, 1.807) is 10.9 Å². The number of nitrogens with two attached hydrogens (primary N) is 1. The number of hydrogen-bond acceptors (Lipinski definition) is 9. The normalized spacial score (nSPS) is 31.8. The Balaban J connectivity index is 1.74. The SMILES string of the molecule is Nc1ncnc2c1ncn2[C@@H]1O[C@H](CO)[C@@H](O)C1N1CCOCC1. The predicted octanol–water partition coefficient (Wildman–Crippen LogP) is -1.64. The molecular weight excluding hydrogens is 316 g/mol. The fraction of sp³-hybridized carbons (Fsp3) is 0.643. The number of hydrogen-bond donors (Lipinski definition) is 3. The fourth-order valence-electron chi connectivity index (χ4n) is 3.44. The van der Waals surface area contributed by atoms with Gasteiger partial charge in [-0.2, -0.15) is 0 Å². The molecular formula is C14H20N6O4. The Morgan fingerprint density at radius 1 is 1.25 bits per heavy atom. The highest BCUT2D eigenvalue weighted by Gasteiger charge is 2.48. The molecule has 1 unspecified atom stereocenters. The molecule has 0 bridgehead atoms. The van der Waals surface area contributed by atoms with Gasteiger partial charge in [0.25, 0.3) is 0 Å². The van der Waals surface area contributed by atoms with Crippen LogP contribution < -0.4 is 5.73 Å². The van der Waals surface area contributed by atoms with E-state index < -0.39 is 18.4 Å². The van der Waals surface area contributed by atoms with E-state index in [4.69, 9.17) is 15.2 Å². The minimum absolute atomic E-state index is 0.262. The van der Waals surface area contributed by atoms with Gasteiger partial charge < -0.3 is 25.4 Å². The van der Waals surface area contributed by atoms with Crippen LogP contribution in [0, 0.1) is 0 Å². The van der Waals surface area contributed by atoms with Crippen LogP contribution >= 0.6 is 0 Å². The topological polar surface area (TPSA) is 132 Å². The van der Waals surface area contributed by atoms with Crippen LogP contribution in [0.3, 0.4) is 0 Å². The number of ether oxygens (including phenoxy) is 2. The average molecular weight is 336 g/mol. The molecule has 4 heterocycles. The number of nitrogens with zero attached hydrogens (tertiary/aromatic N) is 5. The molecule has 24 heavy (non-hydrogen) atoms. The van der Waals surface area contributed by atoms with Crippen LogP contribution in [0.5, 0.6) is 0 Å². The number of aliphatic hydroxyl groups is 2. The molecule has 0 radical (unpaired) electrons. The maximum Gasteiger partial charge on any atom is 0.167 e. The van der Waals surface area contributed by atoms with Crippen LogP contribution in [0.2, 0.25) is 0 Å². The summed E-state index contributed by atoms with van der Waals surface area (Å²) < 4.78 is 13.1. The zero-order valence-electron chi connectivity index (χ0n) is 13.0. The number of imidazole rings is 1. The second-order valence-electron chi connectivity index (χ2n) is 5.96. The van der Waals surface area contributed by atoms with E-state index in [2.05, 4.69) is 19.9 Å². The number of anilines is 1. The largest absolute Gasteiger partial charge is 0.394 e. The van der Waals surface area contributed by atoms with Crippen molar-refractivity contribution < 1.29 is 19.7 Å². The van der Waals surface area contributed by atoms with Gasteiger partial charge in [-0.15, -0.1) is 0 Å². The highest BCUT2D eigenvalue weighted by atomic mass is 16.5. The van der Waals surface area contributed by atoms with E-state index in [0.717, 1.165) is 0 Å². The van der Waals surface area contributed by atoms with Crippen molar-refractivity contribution in [3.63, 3.8) is 0 Å². The molecule has 10 heteroatoms. The monoisotopic (exact) mass is 336 g/mol. The minimum Gasteiger partial charge on any atom is -0.394 e. The van der Waals surface area contributed by atoms with Crippen LogP contribution in [0.25, 0.3) is 11.2 Å². The Hall–Kier alpha value is -1.85. The van der Waals surface area contributed by atoms with E-state index in [9.17, 15) is 10.2 Å². The molecule has 0 amide bonds. The highest BCUT2D eigenvalue weighted by Crippen LogP contribution is 2.35. The van der Waals surface area contributed by atoms with Crippen LogP contribution in [0.15, 0.2) is 12.7 Å². The van der Waals surface area contributed by atoms with Gasteiger partial charge in [-0.1, -0.05) is 0 Å². The number of morpholine rings is 1. The number of aromatic nitrogens is 4. The van der Waals surface area contributed by atoms with Crippen molar-refractivity contribution in [2.75, 3.05) is 38.6 Å². The lowest BCUT2D eigenvalue weighted by molar-refractivity contribution is -0.0546. The third kappa shape index (κ3) is 2.43. The lowest BCUT2D eigenvalue weighted by Gasteiger charge is -2.36. The zero-order valence-corrected chi connectivity index (χ0v) is 13.0. The summed E-state index contributed by atoms with van der Waals surface area (Å²) >= 11 is 0. The molecule has 2 aliphatic heterocycles. The van der Waals surface area contributed by atoms with Crippen molar-refractivity contribution in [3.8, 4) is 0 Å². The standard InChI is InChI=1S/C14H20N6O4/c15-12-9-13(17-6-16-12)20(7-18-9)14-10(11(22)8(5-21)24-14)19-1-3-23-4-2-19/h6-8,10-11,14,21-22H,1-5H2,(H2,15,16,17)/t8-,10?,11-,14-/m1/s1. The number of rotatable bonds is 3. The smallest absolute Gasteiger partial charge is 0.167 e. The Labute approximate surface area is 137 Å². The molecule has 2 aromatic heterocycles. The molecule has 4 rings (SSSR count). The van der Waals surface area contributed by atoms with Crippen LogP contribution in [-0.2, 0) is 9.47 Å². The van der Waals surface area contributed by atoms with Crippen molar-refractivity contribution in [2.45, 2.75) is 24.5 Å². The van der Waals surface area contributed by atoms with Crippen molar-refractivity contribution in [1.82, 2.24) is 24.4 Å². The van der Waals surface area contributed by atoms with Gasteiger partial charge in [-0.3, -0.25) is 9.47 Å². The molecule has 2 aromatic rings. The molecule has 0 aliphatic carbocycles. The first-order valence-corrected chi connectivity index (χ1v) is 7.90. The first-order chi connectivity index (χ1) is 11.7. The maximum absolute atomic E-state index is 10.6. The Morgan fingerprint density at radius 3 is 2.79 bits per heavy atom. The highest BCUT2D eigenvalue weighted by molar-refractivity contribution is 5.81. The fourth-order valence-corrected chi connectivity index (χ4v) is 3.44. The third-order valence-electron chi connectivity index (χ3n) is 4.65. The van der Waals surface area contributed by atoms with Gasteiger partial charge in [0.05, 0.1) is 32.2 Å². The third-order valence-corrected chi connectivity index (χ3v) is 4.65. The molecule has 2 saturated heterocycles. The Bertz CT molecular complexity index is 718.